The second-order valence-electron chi connectivity index (χ2n) is 4.93. The Morgan fingerprint density at radius 2 is 1.95 bits per heavy atom. The smallest absolute Gasteiger partial charge is 0.273 e. The van der Waals surface area contributed by atoms with Gasteiger partial charge in [-0.3, -0.25) is 9.59 Å². The van der Waals surface area contributed by atoms with Crippen molar-refractivity contribution in [2.24, 2.45) is 0 Å². The predicted octanol–water partition coefficient (Wildman–Crippen LogP) is 1.15. The number of carbonyl (C=O) groups is 2. The van der Waals surface area contributed by atoms with E-state index < -0.39 is 0 Å². The lowest BCUT2D eigenvalue weighted by atomic mass is 10.2. The Kier molecular flexibility index (Phi) is 3.10. The van der Waals surface area contributed by atoms with Crippen molar-refractivity contribution in [1.29, 1.82) is 0 Å². The molecule has 2 aromatic rings. The van der Waals surface area contributed by atoms with Crippen LogP contribution < -0.4 is 0 Å². The van der Waals surface area contributed by atoms with Crippen molar-refractivity contribution in [3.63, 3.8) is 0 Å². The highest BCUT2D eigenvalue weighted by Crippen LogP contribution is 2.14. The molecule has 1 saturated heterocycles. The highest BCUT2D eigenvalue weighted by molar-refractivity contribution is 5.97. The molecule has 0 saturated carbocycles. The van der Waals surface area contributed by atoms with Gasteiger partial charge in [0.15, 0.2) is 0 Å². The van der Waals surface area contributed by atoms with Crippen LogP contribution in [0.1, 0.15) is 10.5 Å². The fourth-order valence-electron chi connectivity index (χ4n) is 2.28. The van der Waals surface area contributed by atoms with Crippen LogP contribution in [0.4, 0.5) is 0 Å². The average Bonchev–Trinajstić information content (AvgIpc) is 2.49. The summed E-state index contributed by atoms with van der Waals surface area (Å²) in [6, 6.07) is 11.3. The summed E-state index contributed by atoms with van der Waals surface area (Å²) in [4.78, 5) is 31.6. The first-order valence-corrected chi connectivity index (χ1v) is 6.54. The van der Waals surface area contributed by atoms with E-state index in [0.717, 1.165) is 10.9 Å². The van der Waals surface area contributed by atoms with Gasteiger partial charge < -0.3 is 9.80 Å². The van der Waals surface area contributed by atoms with Crippen molar-refractivity contribution in [1.82, 2.24) is 14.8 Å². The van der Waals surface area contributed by atoms with Gasteiger partial charge in [-0.05, 0) is 12.1 Å². The number of rotatable bonds is 1. The summed E-state index contributed by atoms with van der Waals surface area (Å²) < 4.78 is 0. The molecule has 1 aromatic heterocycles. The Balaban J connectivity index is 1.87. The number of pyridine rings is 1. The Bertz CT molecular complexity index is 684. The Morgan fingerprint density at radius 3 is 2.75 bits per heavy atom. The van der Waals surface area contributed by atoms with E-state index in [2.05, 4.69) is 4.98 Å². The normalized spacial score (nSPS) is 15.8. The number of piperazine rings is 1. The van der Waals surface area contributed by atoms with Crippen LogP contribution in [0.3, 0.4) is 0 Å². The highest BCUT2D eigenvalue weighted by Gasteiger charge is 2.26. The molecular formula is C15H15N3O2. The lowest BCUT2D eigenvalue weighted by molar-refractivity contribution is -0.133. The molecule has 0 aliphatic carbocycles. The number of fused-ring (bicyclic) bond motifs is 1. The van der Waals surface area contributed by atoms with Crippen molar-refractivity contribution in [3.05, 3.63) is 42.1 Å². The molecule has 0 unspecified atom stereocenters. The van der Waals surface area contributed by atoms with Crippen molar-refractivity contribution < 1.29 is 9.59 Å². The molecule has 0 spiro atoms. The van der Waals surface area contributed by atoms with Crippen LogP contribution in [0, 0.1) is 0 Å². The van der Waals surface area contributed by atoms with E-state index in [1.807, 2.05) is 30.3 Å². The van der Waals surface area contributed by atoms with Crippen molar-refractivity contribution in [3.8, 4) is 0 Å². The molecule has 0 radical (unpaired) electrons. The Hall–Kier alpha value is -2.43. The van der Waals surface area contributed by atoms with Crippen LogP contribution in [0.25, 0.3) is 10.9 Å². The molecule has 0 bridgehead atoms. The van der Waals surface area contributed by atoms with Gasteiger partial charge in [-0.15, -0.1) is 0 Å². The fraction of sp³-hybridized carbons (Fsp3) is 0.267. The first-order chi connectivity index (χ1) is 9.65. The molecule has 2 amide bonds. The number of amides is 2. The van der Waals surface area contributed by atoms with Crippen LogP contribution in [0.15, 0.2) is 36.4 Å². The molecule has 20 heavy (non-hydrogen) atoms. The quantitative estimate of drug-likeness (QED) is 0.780. The topological polar surface area (TPSA) is 53.5 Å². The lowest BCUT2D eigenvalue weighted by Gasteiger charge is -2.31. The van der Waals surface area contributed by atoms with E-state index in [0.29, 0.717) is 18.8 Å². The molecule has 5 heteroatoms. The summed E-state index contributed by atoms with van der Waals surface area (Å²) in [7, 11) is 1.75. The van der Waals surface area contributed by atoms with Gasteiger partial charge in [0.2, 0.25) is 5.91 Å². The zero-order valence-corrected chi connectivity index (χ0v) is 11.2. The van der Waals surface area contributed by atoms with Crippen LogP contribution in [-0.4, -0.2) is 53.3 Å². The SMILES string of the molecule is CN1CCN(C(=O)c2ccc3ccccc3n2)CC1=O. The third-order valence-corrected chi connectivity index (χ3v) is 3.56. The first-order valence-electron chi connectivity index (χ1n) is 6.54. The molecule has 1 fully saturated rings. The van der Waals surface area contributed by atoms with Gasteiger partial charge in [0.25, 0.3) is 5.91 Å². The maximum Gasteiger partial charge on any atom is 0.273 e. The molecule has 1 aliphatic heterocycles. The van der Waals surface area contributed by atoms with Gasteiger partial charge in [-0.2, -0.15) is 0 Å². The summed E-state index contributed by atoms with van der Waals surface area (Å²) in [5.74, 6) is -0.220. The molecule has 1 aromatic carbocycles. The summed E-state index contributed by atoms with van der Waals surface area (Å²) in [6.45, 7) is 1.25. The number of likely N-dealkylation sites (N-methyl/N-ethyl adjacent to an activating group) is 1. The monoisotopic (exact) mass is 269 g/mol. The zero-order chi connectivity index (χ0) is 14.1. The predicted molar refractivity (Wildman–Crippen MR) is 75.3 cm³/mol. The summed E-state index contributed by atoms with van der Waals surface area (Å²) in [5, 5.41) is 0.999. The van der Waals surface area contributed by atoms with Gasteiger partial charge in [0.1, 0.15) is 12.2 Å². The Morgan fingerprint density at radius 1 is 1.15 bits per heavy atom. The van der Waals surface area contributed by atoms with Gasteiger partial charge in [0.05, 0.1) is 5.52 Å². The fourth-order valence-corrected chi connectivity index (χ4v) is 2.28. The summed E-state index contributed by atoms with van der Waals surface area (Å²) in [5.41, 5.74) is 1.18. The third kappa shape index (κ3) is 2.22. The molecular weight excluding hydrogens is 254 g/mol. The number of hydrogen-bond acceptors (Lipinski definition) is 3. The van der Waals surface area contributed by atoms with E-state index >= 15 is 0 Å². The number of benzene rings is 1. The highest BCUT2D eigenvalue weighted by atomic mass is 16.2. The average molecular weight is 269 g/mol. The van der Waals surface area contributed by atoms with Gasteiger partial charge in [-0.25, -0.2) is 4.98 Å². The second kappa shape index (κ2) is 4.92. The molecule has 0 N–H and O–H groups in total. The minimum absolute atomic E-state index is 0.0367. The maximum atomic E-state index is 12.4. The largest absolute Gasteiger partial charge is 0.342 e. The second-order valence-corrected chi connectivity index (χ2v) is 4.93. The summed E-state index contributed by atoms with van der Waals surface area (Å²) in [6.07, 6.45) is 0. The number of hydrogen-bond donors (Lipinski definition) is 0. The number of aromatic nitrogens is 1. The standard InChI is InChI=1S/C15H15N3O2/c1-17-8-9-18(10-14(17)19)15(20)13-7-6-11-4-2-3-5-12(11)16-13/h2-7H,8-10H2,1H3. The minimum Gasteiger partial charge on any atom is -0.342 e. The maximum absolute atomic E-state index is 12.4. The lowest BCUT2D eigenvalue weighted by Crippen LogP contribution is -2.50. The summed E-state index contributed by atoms with van der Waals surface area (Å²) >= 11 is 0. The molecule has 102 valence electrons. The van der Waals surface area contributed by atoms with Gasteiger partial charge in [0, 0.05) is 25.5 Å². The number of nitrogens with zero attached hydrogens (tertiary/aromatic N) is 3. The Labute approximate surface area is 116 Å². The molecule has 1 aliphatic rings. The van der Waals surface area contributed by atoms with E-state index in [9.17, 15) is 9.59 Å². The van der Waals surface area contributed by atoms with E-state index in [-0.39, 0.29) is 18.4 Å². The molecule has 0 atom stereocenters. The van der Waals surface area contributed by atoms with Gasteiger partial charge >= 0.3 is 0 Å². The molecule has 5 nitrogen and oxygen atoms in total. The zero-order valence-electron chi connectivity index (χ0n) is 11.2. The van der Waals surface area contributed by atoms with Crippen molar-refractivity contribution >= 4 is 22.7 Å². The molecule has 2 heterocycles. The molecule has 3 rings (SSSR count). The van der Waals surface area contributed by atoms with Crippen molar-refractivity contribution in [2.45, 2.75) is 0 Å². The third-order valence-electron chi connectivity index (χ3n) is 3.56. The van der Waals surface area contributed by atoms with Crippen LogP contribution in [0.5, 0.6) is 0 Å². The van der Waals surface area contributed by atoms with Gasteiger partial charge in [-0.1, -0.05) is 24.3 Å². The van der Waals surface area contributed by atoms with E-state index in [1.165, 1.54) is 0 Å². The van der Waals surface area contributed by atoms with Crippen LogP contribution in [0.2, 0.25) is 0 Å². The van der Waals surface area contributed by atoms with E-state index in [1.54, 1.807) is 22.9 Å². The van der Waals surface area contributed by atoms with Crippen molar-refractivity contribution in [2.75, 3.05) is 26.7 Å². The number of carbonyl (C=O) groups excluding carboxylic acids is 2. The van der Waals surface area contributed by atoms with Crippen LogP contribution in [-0.2, 0) is 4.79 Å². The number of para-hydroxylation sites is 1. The minimum atomic E-state index is -0.183. The first kappa shape index (κ1) is 12.6. The van der Waals surface area contributed by atoms with Crippen LogP contribution >= 0.6 is 0 Å². The van der Waals surface area contributed by atoms with E-state index in [4.69, 9.17) is 0 Å².